The molecule has 0 atom stereocenters. The molecule has 0 saturated heterocycles. The van der Waals surface area contributed by atoms with Crippen molar-refractivity contribution in [1.82, 2.24) is 15.0 Å². The first-order valence-corrected chi connectivity index (χ1v) is 6.94. The summed E-state index contributed by atoms with van der Waals surface area (Å²) in [7, 11) is 1.18. The zero-order valence-corrected chi connectivity index (χ0v) is 12.8. The molecular weight excluding hydrogens is 330 g/mol. The number of nitrogens with two attached hydrogens (primary N) is 1. The Morgan fingerprint density at radius 3 is 2.56 bits per heavy atom. The molecule has 3 N–H and O–H groups in total. The first-order valence-electron chi connectivity index (χ1n) is 6.94. The highest BCUT2D eigenvalue weighted by Crippen LogP contribution is 2.25. The minimum absolute atomic E-state index is 0.0301. The molecule has 3 aromatic rings. The molecule has 0 fully saturated rings. The number of aromatic amines is 1. The number of non-ortho nitro benzene ring substituents is 1. The fourth-order valence-corrected chi connectivity index (χ4v) is 2.33. The van der Waals surface area contributed by atoms with Gasteiger partial charge in [0.2, 0.25) is 5.95 Å². The largest absolute Gasteiger partial charge is 0.465 e. The van der Waals surface area contributed by atoms with Gasteiger partial charge in [-0.25, -0.2) is 9.78 Å². The van der Waals surface area contributed by atoms with Crippen molar-refractivity contribution in [3.8, 4) is 11.3 Å². The zero-order chi connectivity index (χ0) is 18.1. The summed E-state index contributed by atoms with van der Waals surface area (Å²) < 4.78 is 4.70. The number of esters is 1. The fourth-order valence-electron chi connectivity index (χ4n) is 2.33. The molecule has 0 saturated carbocycles. The molecule has 10 nitrogen and oxygen atoms in total. The Labute approximate surface area is 139 Å². The molecule has 3 rings (SSSR count). The summed E-state index contributed by atoms with van der Waals surface area (Å²) in [5.74, 6) is -0.894. The second kappa shape index (κ2) is 6.00. The van der Waals surface area contributed by atoms with Gasteiger partial charge in [-0.05, 0) is 18.2 Å². The number of hydrogen-bond donors (Lipinski definition) is 2. The number of fused-ring (bicyclic) bond motifs is 1. The summed E-state index contributed by atoms with van der Waals surface area (Å²) in [6.45, 7) is 0. The maximum absolute atomic E-state index is 12.1. The number of aromatic nitrogens is 3. The maximum Gasteiger partial charge on any atom is 0.338 e. The standard InChI is InChI=1S/C15H11N5O5/c1-25-14(22)9-6-10(7-2-4-8(5-3-7)20(23)24)17-12-11(9)13(21)19-15(16)18-12/h2-6H,1H3,(H3,16,17,18,19,21). The molecule has 0 bridgehead atoms. The van der Waals surface area contributed by atoms with Crippen LogP contribution >= 0.6 is 0 Å². The van der Waals surface area contributed by atoms with E-state index in [-0.39, 0.29) is 28.2 Å². The quantitative estimate of drug-likeness (QED) is 0.410. The van der Waals surface area contributed by atoms with Crippen LogP contribution in [0.5, 0.6) is 0 Å². The third-order valence-corrected chi connectivity index (χ3v) is 3.47. The Bertz CT molecular complexity index is 1060. The Morgan fingerprint density at radius 2 is 1.96 bits per heavy atom. The van der Waals surface area contributed by atoms with Crippen LogP contribution in [0, 0.1) is 10.1 Å². The van der Waals surface area contributed by atoms with Crippen LogP contribution in [0.2, 0.25) is 0 Å². The Kier molecular flexibility index (Phi) is 3.85. The minimum atomic E-state index is -0.743. The van der Waals surface area contributed by atoms with Gasteiger partial charge >= 0.3 is 5.97 Å². The molecule has 10 heteroatoms. The predicted octanol–water partition coefficient (Wildman–Crippen LogP) is 1.26. The van der Waals surface area contributed by atoms with Crippen molar-refractivity contribution in [3.63, 3.8) is 0 Å². The first kappa shape index (κ1) is 16.1. The number of pyridine rings is 1. The van der Waals surface area contributed by atoms with Crippen molar-refractivity contribution < 1.29 is 14.5 Å². The highest BCUT2D eigenvalue weighted by molar-refractivity contribution is 6.03. The Hall–Kier alpha value is -3.82. The van der Waals surface area contributed by atoms with Gasteiger partial charge in [0.05, 0.1) is 28.7 Å². The molecule has 1 aromatic carbocycles. The number of ether oxygens (including phenoxy) is 1. The normalized spacial score (nSPS) is 10.6. The lowest BCUT2D eigenvalue weighted by atomic mass is 10.1. The Morgan fingerprint density at radius 1 is 1.28 bits per heavy atom. The van der Waals surface area contributed by atoms with Gasteiger partial charge in [0.25, 0.3) is 11.2 Å². The number of nitro benzene ring substituents is 1. The lowest BCUT2D eigenvalue weighted by Gasteiger charge is -2.08. The number of H-pyrrole nitrogens is 1. The third-order valence-electron chi connectivity index (χ3n) is 3.47. The lowest BCUT2D eigenvalue weighted by molar-refractivity contribution is -0.384. The number of rotatable bonds is 3. The molecule has 0 radical (unpaired) electrons. The third kappa shape index (κ3) is 2.87. The number of anilines is 1. The van der Waals surface area contributed by atoms with Crippen molar-refractivity contribution in [2.24, 2.45) is 0 Å². The fraction of sp³-hybridized carbons (Fsp3) is 0.0667. The van der Waals surface area contributed by atoms with E-state index in [2.05, 4.69) is 15.0 Å². The van der Waals surface area contributed by atoms with E-state index in [0.29, 0.717) is 11.3 Å². The number of carbonyl (C=O) groups excluding carboxylic acids is 1. The zero-order valence-electron chi connectivity index (χ0n) is 12.8. The number of hydrogen-bond acceptors (Lipinski definition) is 8. The summed E-state index contributed by atoms with van der Waals surface area (Å²) in [6.07, 6.45) is 0. The van der Waals surface area contributed by atoms with Gasteiger partial charge in [-0.3, -0.25) is 19.9 Å². The van der Waals surface area contributed by atoms with Gasteiger partial charge in [-0.2, -0.15) is 4.98 Å². The van der Waals surface area contributed by atoms with E-state index >= 15 is 0 Å². The highest BCUT2D eigenvalue weighted by atomic mass is 16.6. The van der Waals surface area contributed by atoms with E-state index in [1.54, 1.807) is 0 Å². The molecule has 2 aromatic heterocycles. The molecule has 2 heterocycles. The van der Waals surface area contributed by atoms with Crippen LogP contribution in [0.3, 0.4) is 0 Å². The van der Waals surface area contributed by atoms with Crippen LogP contribution in [-0.2, 0) is 4.74 Å². The van der Waals surface area contributed by atoms with Crippen LogP contribution in [0.15, 0.2) is 35.1 Å². The van der Waals surface area contributed by atoms with Crippen molar-refractivity contribution in [1.29, 1.82) is 0 Å². The first-order chi connectivity index (χ1) is 11.9. The summed E-state index contributed by atoms with van der Waals surface area (Å²) in [5.41, 5.74) is 5.55. The number of nitro groups is 1. The van der Waals surface area contributed by atoms with E-state index < -0.39 is 16.5 Å². The van der Waals surface area contributed by atoms with Crippen molar-refractivity contribution in [2.75, 3.05) is 12.8 Å². The average Bonchev–Trinajstić information content (AvgIpc) is 2.59. The van der Waals surface area contributed by atoms with Crippen LogP contribution in [0.1, 0.15) is 10.4 Å². The van der Waals surface area contributed by atoms with Crippen LogP contribution in [0.25, 0.3) is 22.3 Å². The van der Waals surface area contributed by atoms with Crippen molar-refractivity contribution in [3.05, 3.63) is 56.4 Å². The minimum Gasteiger partial charge on any atom is -0.465 e. The molecule has 126 valence electrons. The Balaban J connectivity index is 2.27. The summed E-state index contributed by atoms with van der Waals surface area (Å²) in [5, 5.41) is 10.7. The number of nitrogens with one attached hydrogen (secondary N) is 1. The number of methoxy groups -OCH3 is 1. The summed E-state index contributed by atoms with van der Waals surface area (Å²) in [4.78, 5) is 44.8. The molecule has 0 unspecified atom stereocenters. The van der Waals surface area contributed by atoms with Gasteiger partial charge in [-0.15, -0.1) is 0 Å². The van der Waals surface area contributed by atoms with Gasteiger partial charge in [0.15, 0.2) is 5.65 Å². The van der Waals surface area contributed by atoms with Gasteiger partial charge in [0.1, 0.15) is 0 Å². The molecule has 0 aliphatic heterocycles. The highest BCUT2D eigenvalue weighted by Gasteiger charge is 2.19. The molecular formula is C15H11N5O5. The second-order valence-electron chi connectivity index (χ2n) is 5.00. The second-order valence-corrected chi connectivity index (χ2v) is 5.00. The number of nitrogen functional groups attached to an aromatic ring is 1. The molecule has 0 amide bonds. The SMILES string of the molecule is COC(=O)c1cc(-c2ccc([N+](=O)[O-])cc2)nc2nc(N)[nH]c(=O)c12. The predicted molar refractivity (Wildman–Crippen MR) is 88.0 cm³/mol. The number of benzene rings is 1. The maximum atomic E-state index is 12.1. The molecule has 25 heavy (non-hydrogen) atoms. The van der Waals surface area contributed by atoms with Crippen LogP contribution < -0.4 is 11.3 Å². The monoisotopic (exact) mass is 341 g/mol. The van der Waals surface area contributed by atoms with Gasteiger partial charge < -0.3 is 10.5 Å². The summed E-state index contributed by atoms with van der Waals surface area (Å²) in [6, 6.07) is 6.92. The smallest absolute Gasteiger partial charge is 0.338 e. The van der Waals surface area contributed by atoms with Crippen LogP contribution in [-0.4, -0.2) is 33.0 Å². The van der Waals surface area contributed by atoms with E-state index in [1.165, 1.54) is 37.4 Å². The van der Waals surface area contributed by atoms with Crippen molar-refractivity contribution >= 4 is 28.6 Å². The van der Waals surface area contributed by atoms with E-state index in [4.69, 9.17) is 10.5 Å². The number of nitrogens with zero attached hydrogens (tertiary/aromatic N) is 3. The van der Waals surface area contributed by atoms with Gasteiger partial charge in [-0.1, -0.05) is 0 Å². The molecule has 0 aliphatic rings. The van der Waals surface area contributed by atoms with E-state index in [9.17, 15) is 19.7 Å². The molecule has 0 aliphatic carbocycles. The number of carbonyl (C=O) groups is 1. The van der Waals surface area contributed by atoms with E-state index in [1.807, 2.05) is 0 Å². The van der Waals surface area contributed by atoms with Crippen molar-refractivity contribution in [2.45, 2.75) is 0 Å². The summed E-state index contributed by atoms with van der Waals surface area (Å²) >= 11 is 0. The molecule has 0 spiro atoms. The van der Waals surface area contributed by atoms with Crippen LogP contribution in [0.4, 0.5) is 11.6 Å². The topological polar surface area (TPSA) is 154 Å². The average molecular weight is 341 g/mol. The van der Waals surface area contributed by atoms with Gasteiger partial charge in [0, 0.05) is 17.7 Å². The van der Waals surface area contributed by atoms with E-state index in [0.717, 1.165) is 0 Å². The lowest BCUT2D eigenvalue weighted by Crippen LogP contribution is -2.16.